The number of rotatable bonds is 1. The zero-order valence-electron chi connectivity index (χ0n) is 15.2. The van der Waals surface area contributed by atoms with E-state index in [1.54, 1.807) is 4.90 Å². The SMILES string of the molecule is C[C@@H]1C(=O)N2C(C(=O)OC(C)(C)C)=C(C#C[Si](C)(C)C)CCC12. The van der Waals surface area contributed by atoms with Gasteiger partial charge in [0.25, 0.3) is 0 Å². The van der Waals surface area contributed by atoms with E-state index in [9.17, 15) is 9.59 Å². The Hall–Kier alpha value is -1.54. The molecule has 2 atom stereocenters. The molecule has 0 bridgehead atoms. The molecule has 0 aromatic rings. The van der Waals surface area contributed by atoms with Crippen molar-refractivity contribution >= 4 is 20.0 Å². The maximum atomic E-state index is 12.7. The molecule has 2 aliphatic rings. The predicted octanol–water partition coefficient (Wildman–Crippen LogP) is 3.10. The second-order valence-corrected chi connectivity index (χ2v) is 13.2. The number of hydrogen-bond donors (Lipinski definition) is 0. The van der Waals surface area contributed by atoms with Gasteiger partial charge < -0.3 is 9.64 Å². The standard InChI is InChI=1S/C18H27NO3Si/c1-12-14-9-8-13(10-11-23(5,6)7)15(19(14)16(12)20)17(21)22-18(2,3)4/h12,14H,8-9H2,1-7H3/t12-,14?/m0/s1. The van der Waals surface area contributed by atoms with Crippen molar-refractivity contribution in [1.29, 1.82) is 0 Å². The van der Waals surface area contributed by atoms with Crippen LogP contribution < -0.4 is 0 Å². The number of β-lactam (4-membered cyclic amide) rings is 1. The van der Waals surface area contributed by atoms with Gasteiger partial charge in [-0.05, 0) is 33.6 Å². The van der Waals surface area contributed by atoms with Crippen LogP contribution in [0.2, 0.25) is 19.6 Å². The van der Waals surface area contributed by atoms with Gasteiger partial charge in [0.15, 0.2) is 0 Å². The Labute approximate surface area is 140 Å². The molecule has 1 amide bonds. The molecular weight excluding hydrogens is 306 g/mol. The number of nitrogens with zero attached hydrogens (tertiary/aromatic N) is 1. The number of fused-ring (bicyclic) bond motifs is 1. The summed E-state index contributed by atoms with van der Waals surface area (Å²) in [7, 11) is -1.55. The van der Waals surface area contributed by atoms with Crippen molar-refractivity contribution in [3.63, 3.8) is 0 Å². The second kappa shape index (κ2) is 5.83. The van der Waals surface area contributed by atoms with Crippen molar-refractivity contribution in [2.75, 3.05) is 0 Å². The van der Waals surface area contributed by atoms with Crippen LogP contribution in [0.3, 0.4) is 0 Å². The molecule has 0 radical (unpaired) electrons. The summed E-state index contributed by atoms with van der Waals surface area (Å²) < 4.78 is 5.53. The van der Waals surface area contributed by atoms with E-state index in [-0.39, 0.29) is 17.9 Å². The molecule has 0 aromatic carbocycles. The normalized spacial score (nSPS) is 24.5. The van der Waals surface area contributed by atoms with Crippen molar-refractivity contribution in [3.8, 4) is 11.5 Å². The van der Waals surface area contributed by atoms with Crippen LogP contribution in [-0.4, -0.2) is 36.5 Å². The number of carbonyl (C=O) groups excluding carboxylic acids is 2. The largest absolute Gasteiger partial charge is 0.455 e. The topological polar surface area (TPSA) is 46.6 Å². The summed E-state index contributed by atoms with van der Waals surface area (Å²) >= 11 is 0. The van der Waals surface area contributed by atoms with E-state index in [4.69, 9.17) is 4.74 Å². The van der Waals surface area contributed by atoms with Crippen molar-refractivity contribution < 1.29 is 14.3 Å². The van der Waals surface area contributed by atoms with Gasteiger partial charge in [-0.2, -0.15) is 0 Å². The lowest BCUT2D eigenvalue weighted by Crippen LogP contribution is -2.61. The highest BCUT2D eigenvalue weighted by molar-refractivity contribution is 6.83. The lowest BCUT2D eigenvalue weighted by Gasteiger charge is -2.49. The average Bonchev–Trinajstić information content (AvgIpc) is 2.40. The van der Waals surface area contributed by atoms with Gasteiger partial charge >= 0.3 is 5.97 Å². The zero-order chi connectivity index (χ0) is 17.6. The molecule has 4 nitrogen and oxygen atoms in total. The summed E-state index contributed by atoms with van der Waals surface area (Å²) in [5.74, 6) is 2.75. The van der Waals surface area contributed by atoms with Crippen LogP contribution in [-0.2, 0) is 14.3 Å². The molecule has 126 valence electrons. The maximum Gasteiger partial charge on any atom is 0.356 e. The van der Waals surface area contributed by atoms with Gasteiger partial charge in [-0.1, -0.05) is 32.5 Å². The minimum atomic E-state index is -1.55. The van der Waals surface area contributed by atoms with Gasteiger partial charge in [-0.25, -0.2) is 4.79 Å². The quantitative estimate of drug-likeness (QED) is 0.321. The molecule has 0 saturated carbocycles. The van der Waals surface area contributed by atoms with Gasteiger partial charge in [-0.15, -0.1) is 5.54 Å². The highest BCUT2D eigenvalue weighted by Crippen LogP contribution is 2.40. The van der Waals surface area contributed by atoms with Gasteiger partial charge in [0, 0.05) is 11.6 Å². The Balaban J connectivity index is 2.43. The van der Waals surface area contributed by atoms with Crippen molar-refractivity contribution in [1.82, 2.24) is 4.90 Å². The van der Waals surface area contributed by atoms with Crippen molar-refractivity contribution in [3.05, 3.63) is 11.3 Å². The Kier molecular flexibility index (Phi) is 4.51. The first-order valence-corrected chi connectivity index (χ1v) is 11.7. The molecule has 1 unspecified atom stereocenters. The summed E-state index contributed by atoms with van der Waals surface area (Å²) in [6.07, 6.45) is 1.61. The molecule has 0 spiro atoms. The summed E-state index contributed by atoms with van der Waals surface area (Å²) in [5, 5.41) is 0. The fourth-order valence-electron chi connectivity index (χ4n) is 2.83. The zero-order valence-corrected chi connectivity index (χ0v) is 16.2. The summed E-state index contributed by atoms with van der Waals surface area (Å²) in [5.41, 5.74) is 3.86. The number of esters is 1. The van der Waals surface area contributed by atoms with E-state index in [0.717, 1.165) is 18.4 Å². The first kappa shape index (κ1) is 17.8. The van der Waals surface area contributed by atoms with Gasteiger partial charge in [-0.3, -0.25) is 4.79 Å². The molecule has 0 N–H and O–H groups in total. The molecular formula is C18H27NO3Si. The molecule has 23 heavy (non-hydrogen) atoms. The first-order chi connectivity index (χ1) is 10.4. The van der Waals surface area contributed by atoms with Gasteiger partial charge in [0.1, 0.15) is 19.4 Å². The minimum absolute atomic E-state index is 0.00265. The molecule has 1 saturated heterocycles. The van der Waals surface area contributed by atoms with E-state index in [0.29, 0.717) is 5.70 Å². The van der Waals surface area contributed by atoms with Crippen LogP contribution in [0.1, 0.15) is 40.5 Å². The molecule has 0 aliphatic carbocycles. The Morgan fingerprint density at radius 2 is 1.91 bits per heavy atom. The van der Waals surface area contributed by atoms with Crippen LogP contribution in [0.25, 0.3) is 0 Å². The highest BCUT2D eigenvalue weighted by Gasteiger charge is 2.50. The third-order valence-electron chi connectivity index (χ3n) is 3.93. The van der Waals surface area contributed by atoms with Gasteiger partial charge in [0.2, 0.25) is 5.91 Å². The molecule has 2 heterocycles. The van der Waals surface area contributed by atoms with Crippen molar-refractivity contribution in [2.24, 2.45) is 5.92 Å². The molecule has 0 aromatic heterocycles. The summed E-state index contributed by atoms with van der Waals surface area (Å²) in [6, 6.07) is 0.113. The van der Waals surface area contributed by atoms with Crippen LogP contribution in [0.4, 0.5) is 0 Å². The van der Waals surface area contributed by atoms with Crippen LogP contribution in [0.15, 0.2) is 11.3 Å². The molecule has 5 heteroatoms. The number of hydrogen-bond acceptors (Lipinski definition) is 3. The molecule has 2 rings (SSSR count). The number of amides is 1. The van der Waals surface area contributed by atoms with Crippen molar-refractivity contribution in [2.45, 2.75) is 71.8 Å². The van der Waals surface area contributed by atoms with E-state index >= 15 is 0 Å². The highest BCUT2D eigenvalue weighted by atomic mass is 28.3. The Bertz CT molecular complexity index is 625. The Morgan fingerprint density at radius 3 is 2.43 bits per heavy atom. The molecule has 1 fully saturated rings. The third-order valence-corrected chi connectivity index (χ3v) is 4.81. The first-order valence-electron chi connectivity index (χ1n) is 8.23. The van der Waals surface area contributed by atoms with Gasteiger partial charge in [0.05, 0.1) is 5.92 Å². The third kappa shape index (κ3) is 3.87. The Morgan fingerprint density at radius 1 is 1.30 bits per heavy atom. The summed E-state index contributed by atoms with van der Waals surface area (Å²) in [6.45, 7) is 13.9. The van der Waals surface area contributed by atoms with E-state index in [2.05, 4.69) is 31.1 Å². The number of carbonyl (C=O) groups is 2. The summed E-state index contributed by atoms with van der Waals surface area (Å²) in [4.78, 5) is 26.5. The lowest BCUT2D eigenvalue weighted by molar-refractivity contribution is -0.164. The maximum absolute atomic E-state index is 12.7. The molecule has 2 aliphatic heterocycles. The fourth-order valence-corrected chi connectivity index (χ4v) is 3.36. The van der Waals surface area contributed by atoms with Crippen LogP contribution in [0.5, 0.6) is 0 Å². The van der Waals surface area contributed by atoms with E-state index in [1.807, 2.05) is 27.7 Å². The van der Waals surface area contributed by atoms with Crippen LogP contribution in [0, 0.1) is 17.4 Å². The number of allylic oxidation sites excluding steroid dienone is 1. The smallest absolute Gasteiger partial charge is 0.356 e. The van der Waals surface area contributed by atoms with E-state index < -0.39 is 19.6 Å². The lowest BCUT2D eigenvalue weighted by atomic mass is 9.80. The average molecular weight is 334 g/mol. The fraction of sp³-hybridized carbons (Fsp3) is 0.667. The number of ether oxygens (including phenoxy) is 1. The second-order valence-electron chi connectivity index (χ2n) is 8.43. The van der Waals surface area contributed by atoms with E-state index in [1.165, 1.54) is 0 Å². The predicted molar refractivity (Wildman–Crippen MR) is 93.0 cm³/mol. The monoisotopic (exact) mass is 333 g/mol. The van der Waals surface area contributed by atoms with Crippen LogP contribution >= 0.6 is 0 Å². The minimum Gasteiger partial charge on any atom is -0.455 e.